The third-order valence-electron chi connectivity index (χ3n) is 3.29. The molecule has 1 aliphatic rings. The molecule has 0 aromatic heterocycles. The Morgan fingerprint density at radius 1 is 1.38 bits per heavy atom. The Morgan fingerprint density at radius 3 is 2.56 bits per heavy atom. The van der Waals surface area contributed by atoms with Crippen molar-refractivity contribution in [3.63, 3.8) is 0 Å². The minimum Gasteiger partial charge on any atom is -0.435 e. The van der Waals surface area contributed by atoms with Gasteiger partial charge in [0.1, 0.15) is 5.75 Å². The summed E-state index contributed by atoms with van der Waals surface area (Å²) in [5.41, 5.74) is 6.90. The van der Waals surface area contributed by atoms with Crippen LogP contribution in [0.3, 0.4) is 0 Å². The summed E-state index contributed by atoms with van der Waals surface area (Å²) in [5.74, 6) is 0.208. The lowest BCUT2D eigenvalue weighted by atomic mass is 9.89. The van der Waals surface area contributed by atoms with Crippen molar-refractivity contribution >= 4 is 0 Å². The van der Waals surface area contributed by atoms with Crippen molar-refractivity contribution in [2.24, 2.45) is 5.73 Å². The van der Waals surface area contributed by atoms with Crippen LogP contribution in [0.5, 0.6) is 5.75 Å². The number of alkyl halides is 2. The number of hydrogen-bond donors (Lipinski definition) is 1. The van der Waals surface area contributed by atoms with E-state index in [4.69, 9.17) is 5.73 Å². The second-order valence-corrected chi connectivity index (χ2v) is 4.35. The van der Waals surface area contributed by atoms with Crippen molar-refractivity contribution in [2.75, 3.05) is 0 Å². The van der Waals surface area contributed by atoms with Gasteiger partial charge in [-0.2, -0.15) is 8.78 Å². The van der Waals surface area contributed by atoms with Gasteiger partial charge in [0.25, 0.3) is 0 Å². The normalized spacial score (nSPS) is 19.6. The molecule has 4 heteroatoms. The van der Waals surface area contributed by atoms with E-state index in [9.17, 15) is 8.78 Å². The average Bonchev–Trinajstić information content (AvgIpc) is 2.97. The monoisotopic (exact) mass is 227 g/mol. The van der Waals surface area contributed by atoms with Crippen LogP contribution in [0, 0.1) is 0 Å². The largest absolute Gasteiger partial charge is 0.435 e. The molecular weight excluding hydrogens is 212 g/mol. The summed E-state index contributed by atoms with van der Waals surface area (Å²) < 4.78 is 28.5. The van der Waals surface area contributed by atoms with E-state index in [0.717, 1.165) is 18.4 Å². The average molecular weight is 227 g/mol. The zero-order chi connectivity index (χ0) is 11.8. The highest BCUT2D eigenvalue weighted by Crippen LogP contribution is 2.50. The SMILES string of the molecule is CC(N)C1(c2cccc(OC(F)F)c2)CC1. The van der Waals surface area contributed by atoms with Gasteiger partial charge in [0, 0.05) is 11.5 Å². The summed E-state index contributed by atoms with van der Waals surface area (Å²) >= 11 is 0. The van der Waals surface area contributed by atoms with Gasteiger partial charge in [0.05, 0.1) is 0 Å². The zero-order valence-corrected chi connectivity index (χ0v) is 9.12. The van der Waals surface area contributed by atoms with Crippen LogP contribution in [0.4, 0.5) is 8.78 Å². The van der Waals surface area contributed by atoms with E-state index < -0.39 is 6.61 Å². The molecule has 0 aliphatic heterocycles. The summed E-state index contributed by atoms with van der Waals surface area (Å²) in [6.45, 7) is -0.825. The van der Waals surface area contributed by atoms with Crippen molar-refractivity contribution in [2.45, 2.75) is 37.8 Å². The molecule has 1 atom stereocenters. The number of ether oxygens (including phenoxy) is 1. The molecule has 1 aromatic carbocycles. The molecular formula is C12H15F2NO. The molecule has 1 aromatic rings. The smallest absolute Gasteiger partial charge is 0.387 e. The van der Waals surface area contributed by atoms with Crippen molar-refractivity contribution in [3.8, 4) is 5.75 Å². The molecule has 0 radical (unpaired) electrons. The van der Waals surface area contributed by atoms with E-state index in [0.29, 0.717) is 0 Å². The summed E-state index contributed by atoms with van der Waals surface area (Å²) in [6.07, 6.45) is 2.03. The molecule has 2 nitrogen and oxygen atoms in total. The van der Waals surface area contributed by atoms with E-state index in [-0.39, 0.29) is 17.2 Å². The lowest BCUT2D eigenvalue weighted by Gasteiger charge is -2.20. The first kappa shape index (κ1) is 11.3. The van der Waals surface area contributed by atoms with Crippen LogP contribution in [0.2, 0.25) is 0 Å². The van der Waals surface area contributed by atoms with Gasteiger partial charge in [-0.15, -0.1) is 0 Å². The van der Waals surface area contributed by atoms with Gasteiger partial charge in [0.15, 0.2) is 0 Å². The van der Waals surface area contributed by atoms with Crippen LogP contribution in [0.15, 0.2) is 24.3 Å². The fourth-order valence-corrected chi connectivity index (χ4v) is 2.12. The molecule has 1 unspecified atom stereocenters. The van der Waals surface area contributed by atoms with E-state index in [2.05, 4.69) is 4.74 Å². The quantitative estimate of drug-likeness (QED) is 0.858. The lowest BCUT2D eigenvalue weighted by Crippen LogP contribution is -2.31. The maximum Gasteiger partial charge on any atom is 0.387 e. The first-order valence-electron chi connectivity index (χ1n) is 5.35. The predicted molar refractivity (Wildman–Crippen MR) is 57.6 cm³/mol. The fraction of sp³-hybridized carbons (Fsp3) is 0.500. The molecule has 0 amide bonds. The Morgan fingerprint density at radius 2 is 2.06 bits per heavy atom. The van der Waals surface area contributed by atoms with Crippen LogP contribution in [-0.4, -0.2) is 12.7 Å². The molecule has 0 heterocycles. The summed E-state index contributed by atoms with van der Waals surface area (Å²) in [7, 11) is 0. The third-order valence-corrected chi connectivity index (χ3v) is 3.29. The molecule has 16 heavy (non-hydrogen) atoms. The maximum absolute atomic E-state index is 12.1. The third kappa shape index (κ3) is 2.02. The topological polar surface area (TPSA) is 35.2 Å². The van der Waals surface area contributed by atoms with Gasteiger partial charge in [0.2, 0.25) is 0 Å². The molecule has 0 saturated heterocycles. The lowest BCUT2D eigenvalue weighted by molar-refractivity contribution is -0.0499. The van der Waals surface area contributed by atoms with Gasteiger partial charge in [-0.25, -0.2) is 0 Å². The first-order valence-corrected chi connectivity index (χ1v) is 5.35. The number of hydrogen-bond acceptors (Lipinski definition) is 2. The summed E-state index contributed by atoms with van der Waals surface area (Å²) in [5, 5.41) is 0. The first-order chi connectivity index (χ1) is 7.54. The zero-order valence-electron chi connectivity index (χ0n) is 9.12. The Bertz CT molecular complexity index is 375. The van der Waals surface area contributed by atoms with Crippen molar-refractivity contribution in [3.05, 3.63) is 29.8 Å². The van der Waals surface area contributed by atoms with Gasteiger partial charge in [-0.1, -0.05) is 12.1 Å². The van der Waals surface area contributed by atoms with Crippen LogP contribution in [-0.2, 0) is 5.41 Å². The van der Waals surface area contributed by atoms with Crippen LogP contribution < -0.4 is 10.5 Å². The minimum atomic E-state index is -2.78. The van der Waals surface area contributed by atoms with Gasteiger partial charge >= 0.3 is 6.61 Å². The van der Waals surface area contributed by atoms with Gasteiger partial charge < -0.3 is 10.5 Å². The van der Waals surface area contributed by atoms with E-state index >= 15 is 0 Å². The van der Waals surface area contributed by atoms with Crippen LogP contribution in [0.25, 0.3) is 0 Å². The number of nitrogens with two attached hydrogens (primary N) is 1. The second-order valence-electron chi connectivity index (χ2n) is 4.35. The Kier molecular flexibility index (Phi) is 2.84. The maximum atomic E-state index is 12.1. The van der Waals surface area contributed by atoms with Gasteiger partial charge in [-0.3, -0.25) is 0 Å². The Hall–Kier alpha value is -1.16. The number of rotatable bonds is 4. The molecule has 2 rings (SSSR count). The predicted octanol–water partition coefficient (Wildman–Crippen LogP) is 2.67. The van der Waals surface area contributed by atoms with Crippen LogP contribution >= 0.6 is 0 Å². The molecule has 0 spiro atoms. The molecule has 0 bridgehead atoms. The summed E-state index contributed by atoms with van der Waals surface area (Å²) in [6, 6.07) is 6.90. The number of benzene rings is 1. The molecule has 1 saturated carbocycles. The van der Waals surface area contributed by atoms with E-state index in [1.165, 1.54) is 6.07 Å². The van der Waals surface area contributed by atoms with E-state index in [1.54, 1.807) is 12.1 Å². The fourth-order valence-electron chi connectivity index (χ4n) is 2.12. The molecule has 88 valence electrons. The standard InChI is InChI=1S/C12H15F2NO/c1-8(15)12(5-6-12)9-3-2-4-10(7-9)16-11(13)14/h2-4,7-8,11H,5-6,15H2,1H3. The number of halogens is 2. The van der Waals surface area contributed by atoms with Crippen molar-refractivity contribution in [1.82, 2.24) is 0 Å². The van der Waals surface area contributed by atoms with Crippen molar-refractivity contribution < 1.29 is 13.5 Å². The van der Waals surface area contributed by atoms with Crippen molar-refractivity contribution in [1.29, 1.82) is 0 Å². The minimum absolute atomic E-state index is 0.0263. The molecule has 2 N–H and O–H groups in total. The highest BCUT2D eigenvalue weighted by atomic mass is 19.3. The van der Waals surface area contributed by atoms with Gasteiger partial charge in [-0.05, 0) is 37.5 Å². The van der Waals surface area contributed by atoms with E-state index in [1.807, 2.05) is 13.0 Å². The Balaban J connectivity index is 2.23. The molecule has 1 aliphatic carbocycles. The second kappa shape index (κ2) is 4.01. The highest BCUT2D eigenvalue weighted by Gasteiger charge is 2.47. The Labute approximate surface area is 93.4 Å². The van der Waals surface area contributed by atoms with Crippen LogP contribution in [0.1, 0.15) is 25.3 Å². The molecule has 1 fully saturated rings. The summed E-state index contributed by atoms with van der Waals surface area (Å²) in [4.78, 5) is 0. The highest BCUT2D eigenvalue weighted by molar-refractivity contribution is 5.39.